The fourth-order valence-electron chi connectivity index (χ4n) is 3.83. The highest BCUT2D eigenvalue weighted by Crippen LogP contribution is 2.33. The molecule has 0 fully saturated rings. The molecule has 0 N–H and O–H groups in total. The number of esters is 4. The van der Waals surface area contributed by atoms with Crippen molar-refractivity contribution in [2.24, 2.45) is 5.92 Å². The summed E-state index contributed by atoms with van der Waals surface area (Å²) in [4.78, 5) is 47.1. The molecule has 2 aromatic rings. The lowest BCUT2D eigenvalue weighted by Gasteiger charge is -2.22. The molecule has 0 aromatic heterocycles. The highest BCUT2D eigenvalue weighted by atomic mass is 32.2. The summed E-state index contributed by atoms with van der Waals surface area (Å²) in [6.45, 7) is 10.2. The first-order valence-corrected chi connectivity index (χ1v) is 15.2. The summed E-state index contributed by atoms with van der Waals surface area (Å²) in [6.07, 6.45) is 2.03. The molecule has 3 atom stereocenters. The first kappa shape index (κ1) is 36.8. The van der Waals surface area contributed by atoms with E-state index in [1.807, 2.05) is 30.3 Å². The smallest absolute Gasteiger partial charge is 0.334 e. The minimum atomic E-state index is -4.10. The van der Waals surface area contributed by atoms with Crippen LogP contribution in [0.25, 0.3) is 6.08 Å². The van der Waals surface area contributed by atoms with Gasteiger partial charge in [0.05, 0.1) is 38.9 Å². The van der Waals surface area contributed by atoms with Crippen molar-refractivity contribution in [1.82, 2.24) is 0 Å². The number of benzene rings is 2. The summed E-state index contributed by atoms with van der Waals surface area (Å²) >= 11 is 0. The van der Waals surface area contributed by atoms with E-state index in [0.717, 1.165) is 12.7 Å². The molecular weight excluding hydrogens is 576 g/mol. The van der Waals surface area contributed by atoms with Crippen LogP contribution in [0.3, 0.4) is 0 Å². The molecule has 11 heteroatoms. The van der Waals surface area contributed by atoms with Crippen molar-refractivity contribution in [3.05, 3.63) is 89.5 Å². The molecule has 0 amide bonds. The van der Waals surface area contributed by atoms with Crippen LogP contribution in [0.1, 0.15) is 50.5 Å². The van der Waals surface area contributed by atoms with Crippen molar-refractivity contribution in [1.29, 1.82) is 0 Å². The van der Waals surface area contributed by atoms with Gasteiger partial charge >= 0.3 is 23.9 Å². The van der Waals surface area contributed by atoms with Gasteiger partial charge in [-0.15, -0.1) is 0 Å². The number of hydrogen-bond donors (Lipinski definition) is 0. The average molecular weight is 617 g/mol. The van der Waals surface area contributed by atoms with E-state index in [-0.39, 0.29) is 24.1 Å². The first-order chi connectivity index (χ1) is 20.3. The maximum absolute atomic E-state index is 12.8. The predicted octanol–water partition coefficient (Wildman–Crippen LogP) is 4.66. The number of hydrogen-bond acceptors (Lipinski definition) is 10. The fourth-order valence-corrected chi connectivity index (χ4v) is 5.61. The molecule has 0 spiro atoms. The monoisotopic (exact) mass is 616 g/mol. The van der Waals surface area contributed by atoms with Crippen LogP contribution in [0.15, 0.2) is 78.4 Å². The van der Waals surface area contributed by atoms with Gasteiger partial charge in [0.2, 0.25) is 0 Å². The maximum Gasteiger partial charge on any atom is 0.334 e. The van der Waals surface area contributed by atoms with Crippen molar-refractivity contribution >= 4 is 39.8 Å². The largest absolute Gasteiger partial charge is 0.466 e. The Bertz CT molecular complexity index is 1370. The van der Waals surface area contributed by atoms with E-state index in [1.54, 1.807) is 57.2 Å². The van der Waals surface area contributed by atoms with Gasteiger partial charge in [-0.3, -0.25) is 9.59 Å². The van der Waals surface area contributed by atoms with Gasteiger partial charge in [0.25, 0.3) is 0 Å². The Kier molecular flexibility index (Phi) is 15.7. The minimum absolute atomic E-state index is 0.0621. The Balaban J connectivity index is 0.000000434. The third-order valence-corrected chi connectivity index (χ3v) is 8.50. The van der Waals surface area contributed by atoms with Gasteiger partial charge in [-0.05, 0) is 44.4 Å². The lowest BCUT2D eigenvalue weighted by atomic mass is 9.99. The molecule has 0 aliphatic rings. The Morgan fingerprint density at radius 3 is 1.77 bits per heavy atom. The van der Waals surface area contributed by atoms with Crippen molar-refractivity contribution in [2.75, 3.05) is 27.4 Å². The Hall–Kier alpha value is -4.25. The zero-order valence-electron chi connectivity index (χ0n) is 25.4. The number of carbonyl (C=O) groups is 4. The third kappa shape index (κ3) is 11.2. The van der Waals surface area contributed by atoms with Crippen LogP contribution in [0, 0.1) is 5.92 Å². The highest BCUT2D eigenvalue weighted by molar-refractivity contribution is 7.93. The summed E-state index contributed by atoms with van der Waals surface area (Å²) in [5.74, 6) is -2.84. The molecule has 0 heterocycles. The van der Waals surface area contributed by atoms with Crippen molar-refractivity contribution in [2.45, 2.75) is 44.6 Å². The number of carbonyl (C=O) groups excluding carboxylic acids is 4. The Morgan fingerprint density at radius 2 is 1.28 bits per heavy atom. The lowest BCUT2D eigenvalue weighted by molar-refractivity contribution is -0.147. The van der Waals surface area contributed by atoms with E-state index in [2.05, 4.69) is 11.3 Å². The molecule has 0 aliphatic heterocycles. The molecule has 0 radical (unpaired) electrons. The molecule has 2 aromatic carbocycles. The third-order valence-electron chi connectivity index (χ3n) is 6.11. The van der Waals surface area contributed by atoms with E-state index in [4.69, 9.17) is 14.2 Å². The van der Waals surface area contributed by atoms with E-state index in [1.165, 1.54) is 14.0 Å². The normalized spacial score (nSPS) is 13.2. The quantitative estimate of drug-likeness (QED) is 0.177. The zero-order valence-corrected chi connectivity index (χ0v) is 26.2. The second kappa shape index (κ2) is 18.3. The van der Waals surface area contributed by atoms with Gasteiger partial charge in [-0.2, -0.15) is 0 Å². The van der Waals surface area contributed by atoms with Gasteiger partial charge < -0.3 is 18.9 Å². The predicted molar refractivity (Wildman–Crippen MR) is 162 cm³/mol. The van der Waals surface area contributed by atoms with E-state index >= 15 is 0 Å². The average Bonchev–Trinajstić information content (AvgIpc) is 3.00. The van der Waals surface area contributed by atoms with Crippen molar-refractivity contribution in [3.63, 3.8) is 0 Å². The molecule has 2 rings (SSSR count). The summed E-state index contributed by atoms with van der Waals surface area (Å²) in [5, 5.41) is -2.82. The number of rotatable bonds is 13. The highest BCUT2D eigenvalue weighted by Gasteiger charge is 2.41. The lowest BCUT2D eigenvalue weighted by Crippen LogP contribution is -2.34. The van der Waals surface area contributed by atoms with E-state index < -0.39 is 38.2 Å². The van der Waals surface area contributed by atoms with Crippen LogP contribution in [0.2, 0.25) is 0 Å². The van der Waals surface area contributed by atoms with Crippen LogP contribution in [0.5, 0.6) is 0 Å². The SMILES string of the molecule is C=C(C(=O)OC)C(c1ccccc1)S(=O)(=O)C(C)C(=O)OCC.CCOC(=O)C(C)C/C(=C\c1ccccc1)C(=O)OC. The molecule has 10 nitrogen and oxygen atoms in total. The fraction of sp³-hybridized carbons (Fsp3) is 0.375. The first-order valence-electron chi connectivity index (χ1n) is 13.6. The Morgan fingerprint density at radius 1 is 0.791 bits per heavy atom. The second-order valence-corrected chi connectivity index (χ2v) is 11.6. The molecule has 43 heavy (non-hydrogen) atoms. The minimum Gasteiger partial charge on any atom is -0.466 e. The van der Waals surface area contributed by atoms with Crippen LogP contribution in [-0.2, 0) is 48.0 Å². The van der Waals surface area contributed by atoms with Crippen LogP contribution < -0.4 is 0 Å². The van der Waals surface area contributed by atoms with Gasteiger partial charge in [-0.1, -0.05) is 74.2 Å². The molecule has 0 bridgehead atoms. The van der Waals surface area contributed by atoms with E-state index in [0.29, 0.717) is 24.2 Å². The van der Waals surface area contributed by atoms with Gasteiger partial charge in [0.15, 0.2) is 15.1 Å². The van der Waals surface area contributed by atoms with Crippen LogP contribution in [-0.4, -0.2) is 65.0 Å². The van der Waals surface area contributed by atoms with Crippen molar-refractivity contribution in [3.8, 4) is 0 Å². The standard InChI is InChI=1S/C16H20O6S.C16H20O4/c1-5-22-16(18)12(3)23(19,20)14(11(2)15(17)21-4)13-9-7-6-8-10-13;1-4-20-15(17)12(2)10-14(16(18)19-3)11-13-8-6-5-7-9-13/h6-10,12,14H,2,5H2,1,3-4H3;5-9,11-12H,4,10H2,1-3H3/b;14-11+. The molecular formula is C32H40O10S. The number of methoxy groups -OCH3 is 2. The molecule has 3 unspecified atom stereocenters. The number of ether oxygens (including phenoxy) is 4. The molecule has 0 saturated carbocycles. The summed E-state index contributed by atoms with van der Waals surface area (Å²) in [5.41, 5.74) is 1.43. The van der Waals surface area contributed by atoms with Gasteiger partial charge in [0, 0.05) is 5.57 Å². The molecule has 0 aliphatic carbocycles. The van der Waals surface area contributed by atoms with E-state index in [9.17, 15) is 27.6 Å². The maximum atomic E-state index is 12.8. The summed E-state index contributed by atoms with van der Waals surface area (Å²) in [7, 11) is -1.64. The van der Waals surface area contributed by atoms with Crippen molar-refractivity contribution < 1.29 is 46.5 Å². The second-order valence-electron chi connectivity index (χ2n) is 9.22. The van der Waals surface area contributed by atoms with Gasteiger partial charge in [-0.25, -0.2) is 18.0 Å². The van der Waals surface area contributed by atoms with Crippen LogP contribution in [0.4, 0.5) is 0 Å². The summed E-state index contributed by atoms with van der Waals surface area (Å²) < 4.78 is 44.8. The topological polar surface area (TPSA) is 139 Å². The van der Waals surface area contributed by atoms with Crippen LogP contribution >= 0.6 is 0 Å². The number of sulfone groups is 1. The van der Waals surface area contributed by atoms with Gasteiger partial charge in [0.1, 0.15) is 5.25 Å². The summed E-state index contributed by atoms with van der Waals surface area (Å²) in [6, 6.07) is 17.5. The zero-order chi connectivity index (χ0) is 32.6. The molecule has 0 saturated heterocycles. The molecule has 234 valence electrons. The Labute approximate surface area is 253 Å².